The third-order valence-electron chi connectivity index (χ3n) is 8.68. The SMILES string of the molecule is CCC12CCC(CC)(O1)C1C2C2(CC)OC1(CC)[C@H]1C(=O)OC(=O)C12. The summed E-state index contributed by atoms with van der Waals surface area (Å²) in [7, 11) is 0. The van der Waals surface area contributed by atoms with Crippen LogP contribution in [0.1, 0.15) is 66.2 Å². The summed E-state index contributed by atoms with van der Waals surface area (Å²) in [5.74, 6) is -1.28. The van der Waals surface area contributed by atoms with E-state index in [4.69, 9.17) is 14.2 Å². The summed E-state index contributed by atoms with van der Waals surface area (Å²) in [6.07, 6.45) is 5.38. The summed E-state index contributed by atoms with van der Waals surface area (Å²) in [4.78, 5) is 25.3. The molecule has 0 N–H and O–H groups in total. The van der Waals surface area contributed by atoms with Crippen LogP contribution in [0.15, 0.2) is 0 Å². The highest BCUT2D eigenvalue weighted by Crippen LogP contribution is 2.78. The predicted octanol–water partition coefficient (Wildman–Crippen LogP) is 3.00. The molecule has 25 heavy (non-hydrogen) atoms. The van der Waals surface area contributed by atoms with Gasteiger partial charge in [-0.2, -0.15) is 0 Å². The Morgan fingerprint density at radius 3 is 1.56 bits per heavy atom. The molecule has 0 radical (unpaired) electrons. The minimum Gasteiger partial charge on any atom is -0.393 e. The Bertz CT molecular complexity index is 621. The lowest BCUT2D eigenvalue weighted by Gasteiger charge is -2.49. The first-order valence-electron chi connectivity index (χ1n) is 10.1. The maximum absolute atomic E-state index is 12.7. The normalized spacial score (nSPS) is 57.9. The summed E-state index contributed by atoms with van der Waals surface area (Å²) < 4.78 is 18.8. The van der Waals surface area contributed by atoms with E-state index in [1.807, 2.05) is 0 Å². The molecule has 5 saturated heterocycles. The lowest BCUT2D eigenvalue weighted by Crippen LogP contribution is -2.61. The van der Waals surface area contributed by atoms with E-state index < -0.39 is 23.0 Å². The molecule has 7 unspecified atom stereocenters. The Morgan fingerprint density at radius 2 is 1.20 bits per heavy atom. The van der Waals surface area contributed by atoms with Crippen LogP contribution in [0.4, 0.5) is 0 Å². The number of fused-ring (bicyclic) bond motifs is 12. The molecular formula is C20H28O5. The van der Waals surface area contributed by atoms with Gasteiger partial charge in [-0.25, -0.2) is 0 Å². The molecule has 5 heteroatoms. The highest BCUT2D eigenvalue weighted by atomic mass is 16.6. The molecule has 0 saturated carbocycles. The van der Waals surface area contributed by atoms with E-state index >= 15 is 0 Å². The van der Waals surface area contributed by atoms with E-state index in [1.165, 1.54) is 0 Å². The van der Waals surface area contributed by atoms with Gasteiger partial charge in [0.1, 0.15) is 11.8 Å². The minimum absolute atomic E-state index is 0.184. The number of esters is 2. The predicted molar refractivity (Wildman–Crippen MR) is 88.6 cm³/mol. The van der Waals surface area contributed by atoms with Gasteiger partial charge in [0.15, 0.2) is 0 Å². The van der Waals surface area contributed by atoms with E-state index in [9.17, 15) is 9.59 Å². The van der Waals surface area contributed by atoms with Crippen molar-refractivity contribution in [3.8, 4) is 0 Å². The zero-order valence-corrected chi connectivity index (χ0v) is 15.6. The fraction of sp³-hybridized carbons (Fsp3) is 0.900. The molecule has 138 valence electrons. The molecule has 5 heterocycles. The molecule has 5 nitrogen and oxygen atoms in total. The van der Waals surface area contributed by atoms with E-state index in [2.05, 4.69) is 27.7 Å². The Labute approximate surface area is 148 Å². The van der Waals surface area contributed by atoms with Crippen molar-refractivity contribution in [2.75, 3.05) is 0 Å². The number of ether oxygens (including phenoxy) is 3. The van der Waals surface area contributed by atoms with Crippen molar-refractivity contribution in [1.29, 1.82) is 0 Å². The lowest BCUT2D eigenvalue weighted by atomic mass is 9.47. The van der Waals surface area contributed by atoms with Gasteiger partial charge in [-0.15, -0.1) is 0 Å². The molecule has 8 atom stereocenters. The van der Waals surface area contributed by atoms with Gasteiger partial charge in [0.25, 0.3) is 0 Å². The highest BCUT2D eigenvalue weighted by molar-refractivity contribution is 5.99. The monoisotopic (exact) mass is 348 g/mol. The molecule has 4 bridgehead atoms. The second-order valence-electron chi connectivity index (χ2n) is 8.81. The highest BCUT2D eigenvalue weighted by Gasteiger charge is 2.89. The molecule has 0 amide bonds. The first-order chi connectivity index (χ1) is 11.9. The van der Waals surface area contributed by atoms with Crippen LogP contribution < -0.4 is 0 Å². The van der Waals surface area contributed by atoms with Gasteiger partial charge in [-0.05, 0) is 38.5 Å². The molecule has 0 aromatic rings. The van der Waals surface area contributed by atoms with Crippen LogP contribution in [0.3, 0.4) is 0 Å². The average molecular weight is 348 g/mol. The van der Waals surface area contributed by atoms with Crippen LogP contribution >= 0.6 is 0 Å². The largest absolute Gasteiger partial charge is 0.393 e. The van der Waals surface area contributed by atoms with Crippen molar-refractivity contribution in [3.05, 3.63) is 0 Å². The van der Waals surface area contributed by atoms with Crippen LogP contribution in [0.25, 0.3) is 0 Å². The number of hydrogen-bond donors (Lipinski definition) is 0. The molecule has 0 aromatic carbocycles. The van der Waals surface area contributed by atoms with Crippen molar-refractivity contribution in [2.45, 2.75) is 88.6 Å². The van der Waals surface area contributed by atoms with Crippen molar-refractivity contribution < 1.29 is 23.8 Å². The van der Waals surface area contributed by atoms with Gasteiger partial charge in [0.2, 0.25) is 0 Å². The Kier molecular flexibility index (Phi) is 2.91. The zero-order valence-electron chi connectivity index (χ0n) is 15.6. The van der Waals surface area contributed by atoms with Crippen LogP contribution in [0.5, 0.6) is 0 Å². The average Bonchev–Trinajstić information content (AvgIpc) is 3.37. The van der Waals surface area contributed by atoms with Crippen molar-refractivity contribution in [1.82, 2.24) is 0 Å². The summed E-state index contributed by atoms with van der Waals surface area (Å²) in [6, 6.07) is 0. The van der Waals surface area contributed by atoms with E-state index in [0.717, 1.165) is 38.5 Å². The maximum atomic E-state index is 12.7. The quantitative estimate of drug-likeness (QED) is 0.577. The molecule has 5 rings (SSSR count). The maximum Gasteiger partial charge on any atom is 0.320 e. The standard InChI is InChI=1S/C20H28O5/c1-5-17-9-10-18(6-2,24-17)14-13(17)19(7-3)11-12(16(22)23-15(11)21)20(14,8-4)25-19/h11-14H,5-10H2,1-4H3/t11-,12?,13?,14?,17?,18?,19?,20?/m1/s1. The number of rotatable bonds is 4. The van der Waals surface area contributed by atoms with E-state index in [-0.39, 0.29) is 35.0 Å². The summed E-state index contributed by atoms with van der Waals surface area (Å²) >= 11 is 0. The van der Waals surface area contributed by atoms with Crippen molar-refractivity contribution >= 4 is 11.9 Å². The summed E-state index contributed by atoms with van der Waals surface area (Å²) in [6.45, 7) is 8.57. The number of carbonyl (C=O) groups is 2. The van der Waals surface area contributed by atoms with Gasteiger partial charge in [-0.1, -0.05) is 27.7 Å². The van der Waals surface area contributed by atoms with Crippen LogP contribution in [-0.2, 0) is 23.8 Å². The Morgan fingerprint density at radius 1 is 0.760 bits per heavy atom. The molecule has 0 aromatic heterocycles. The van der Waals surface area contributed by atoms with Crippen LogP contribution in [0, 0.1) is 23.7 Å². The van der Waals surface area contributed by atoms with Gasteiger partial charge in [-0.3, -0.25) is 9.59 Å². The van der Waals surface area contributed by atoms with Gasteiger partial charge < -0.3 is 14.2 Å². The Hall–Kier alpha value is -0.940. The molecule has 0 aliphatic carbocycles. The van der Waals surface area contributed by atoms with Gasteiger partial charge >= 0.3 is 11.9 Å². The zero-order chi connectivity index (χ0) is 17.8. The third kappa shape index (κ3) is 1.38. The molecule has 5 aliphatic heterocycles. The van der Waals surface area contributed by atoms with Crippen LogP contribution in [-0.4, -0.2) is 34.3 Å². The third-order valence-corrected chi connectivity index (χ3v) is 8.68. The van der Waals surface area contributed by atoms with Crippen molar-refractivity contribution in [2.24, 2.45) is 23.7 Å². The molecular weight excluding hydrogens is 320 g/mol. The lowest BCUT2D eigenvalue weighted by molar-refractivity contribution is -0.179. The summed E-state index contributed by atoms with van der Waals surface area (Å²) in [5, 5.41) is 0. The Balaban J connectivity index is 1.78. The number of cyclic esters (lactones) is 2. The van der Waals surface area contributed by atoms with Crippen LogP contribution in [0.2, 0.25) is 0 Å². The number of hydrogen-bond acceptors (Lipinski definition) is 5. The van der Waals surface area contributed by atoms with E-state index in [1.54, 1.807) is 0 Å². The topological polar surface area (TPSA) is 61.8 Å². The molecule has 5 fully saturated rings. The molecule has 0 spiro atoms. The van der Waals surface area contributed by atoms with Crippen molar-refractivity contribution in [3.63, 3.8) is 0 Å². The smallest absolute Gasteiger partial charge is 0.320 e. The van der Waals surface area contributed by atoms with Gasteiger partial charge in [0.05, 0.1) is 22.4 Å². The molecule has 5 aliphatic rings. The van der Waals surface area contributed by atoms with E-state index in [0.29, 0.717) is 0 Å². The summed E-state index contributed by atoms with van der Waals surface area (Å²) in [5.41, 5.74) is -1.65. The second kappa shape index (κ2) is 4.48. The van der Waals surface area contributed by atoms with Gasteiger partial charge in [0, 0.05) is 11.8 Å². The number of carbonyl (C=O) groups excluding carboxylic acids is 2. The second-order valence-corrected chi connectivity index (χ2v) is 8.81. The fourth-order valence-corrected chi connectivity index (χ4v) is 7.85. The first-order valence-corrected chi connectivity index (χ1v) is 10.1. The fourth-order valence-electron chi connectivity index (χ4n) is 7.85. The first kappa shape index (κ1) is 16.2. The minimum atomic E-state index is -0.609.